The molecule has 2 aliphatic carbocycles. The topological polar surface area (TPSA) is 74.6 Å². The molecule has 190 valence electrons. The number of aliphatic hydroxyl groups is 2. The largest absolute Gasteiger partial charge is 0.396 e. The lowest BCUT2D eigenvalue weighted by molar-refractivity contribution is -0.124. The van der Waals surface area contributed by atoms with E-state index < -0.39 is 0 Å². The van der Waals surface area contributed by atoms with Crippen molar-refractivity contribution in [3.05, 3.63) is 12.2 Å². The summed E-state index contributed by atoms with van der Waals surface area (Å²) in [4.78, 5) is 25.7. The molecule has 2 rings (SSSR count). The van der Waals surface area contributed by atoms with E-state index in [0.29, 0.717) is 11.6 Å². The molecule has 4 heteroatoms. The fraction of sp³-hybridized carbons (Fsp3) is 0.862. The molecule has 2 aliphatic rings. The maximum absolute atomic E-state index is 12.8. The van der Waals surface area contributed by atoms with Gasteiger partial charge in [-0.2, -0.15) is 0 Å². The van der Waals surface area contributed by atoms with Crippen LogP contribution in [0.2, 0.25) is 0 Å². The van der Waals surface area contributed by atoms with Gasteiger partial charge in [0, 0.05) is 36.9 Å². The van der Waals surface area contributed by atoms with Crippen LogP contribution in [0, 0.1) is 34.5 Å². The number of carbonyl (C=O) groups is 2. The third kappa shape index (κ3) is 8.62. The number of allylic oxidation sites excluding steroid dienone is 2. The monoisotopic (exact) mass is 462 g/mol. The van der Waals surface area contributed by atoms with Gasteiger partial charge in [-0.15, -0.1) is 0 Å². The molecule has 0 radical (unpaired) electrons. The van der Waals surface area contributed by atoms with Crippen molar-refractivity contribution in [2.45, 2.75) is 111 Å². The third-order valence-electron chi connectivity index (χ3n) is 8.67. The number of unbranched alkanes of at least 4 members (excludes halogenated alkanes) is 2. The van der Waals surface area contributed by atoms with Crippen LogP contribution in [0.25, 0.3) is 0 Å². The van der Waals surface area contributed by atoms with E-state index in [2.05, 4.69) is 39.8 Å². The van der Waals surface area contributed by atoms with E-state index in [1.807, 2.05) is 0 Å². The molecule has 0 aromatic rings. The molecular formula is C29H50O4. The van der Waals surface area contributed by atoms with Crippen molar-refractivity contribution in [3.63, 3.8) is 0 Å². The molecule has 0 aromatic carbocycles. The van der Waals surface area contributed by atoms with Gasteiger partial charge in [-0.05, 0) is 68.6 Å². The van der Waals surface area contributed by atoms with Crippen LogP contribution in [0.4, 0.5) is 0 Å². The van der Waals surface area contributed by atoms with Gasteiger partial charge in [0.05, 0.1) is 0 Å². The summed E-state index contributed by atoms with van der Waals surface area (Å²) < 4.78 is 0. The normalized spacial score (nSPS) is 28.2. The molecule has 5 atom stereocenters. The van der Waals surface area contributed by atoms with Crippen LogP contribution in [0.1, 0.15) is 111 Å². The first kappa shape index (κ1) is 28.2. The summed E-state index contributed by atoms with van der Waals surface area (Å²) in [6, 6.07) is 0. The Morgan fingerprint density at radius 2 is 1.24 bits per heavy atom. The van der Waals surface area contributed by atoms with E-state index in [4.69, 9.17) is 0 Å². The second-order valence-electron chi connectivity index (χ2n) is 12.1. The van der Waals surface area contributed by atoms with Gasteiger partial charge >= 0.3 is 0 Å². The molecule has 0 aromatic heterocycles. The van der Waals surface area contributed by atoms with E-state index >= 15 is 0 Å². The van der Waals surface area contributed by atoms with Gasteiger partial charge in [-0.25, -0.2) is 0 Å². The van der Waals surface area contributed by atoms with Crippen LogP contribution in [0.5, 0.6) is 0 Å². The maximum Gasteiger partial charge on any atom is 0.142 e. The standard InChI is InChI=1S/C29H50O4/c1-5-29(4,21-31)19-9-7-11-23-13-15-25(27(23)33)17-16-24-14-12-22(26(24)32)10-6-8-18-28(2,3)20-30/h16-17,22-25,30-31H,5-15,18-21H2,1-4H3/b17-16-. The highest BCUT2D eigenvalue weighted by Gasteiger charge is 2.35. The summed E-state index contributed by atoms with van der Waals surface area (Å²) >= 11 is 0. The Bertz CT molecular complexity index is 646. The first-order chi connectivity index (χ1) is 15.6. The molecule has 33 heavy (non-hydrogen) atoms. The third-order valence-corrected chi connectivity index (χ3v) is 8.67. The Balaban J connectivity index is 1.70. The lowest BCUT2D eigenvalue weighted by Crippen LogP contribution is -2.20. The van der Waals surface area contributed by atoms with Gasteiger partial charge in [0.15, 0.2) is 0 Å². The average Bonchev–Trinajstić information content (AvgIpc) is 3.34. The highest BCUT2D eigenvalue weighted by Crippen LogP contribution is 2.36. The van der Waals surface area contributed by atoms with E-state index in [1.54, 1.807) is 0 Å². The van der Waals surface area contributed by atoms with Crippen LogP contribution in [-0.4, -0.2) is 35.0 Å². The molecule has 4 nitrogen and oxygen atoms in total. The smallest absolute Gasteiger partial charge is 0.142 e. The maximum atomic E-state index is 12.8. The number of hydrogen-bond donors (Lipinski definition) is 2. The first-order valence-corrected chi connectivity index (χ1v) is 13.6. The molecule has 2 N–H and O–H groups in total. The minimum absolute atomic E-state index is 0.000845. The molecule has 5 unspecified atom stereocenters. The lowest BCUT2D eigenvalue weighted by Gasteiger charge is -2.25. The number of aliphatic hydroxyl groups excluding tert-OH is 2. The van der Waals surface area contributed by atoms with Gasteiger partial charge < -0.3 is 10.2 Å². The Morgan fingerprint density at radius 3 is 1.67 bits per heavy atom. The van der Waals surface area contributed by atoms with Crippen molar-refractivity contribution in [1.82, 2.24) is 0 Å². The highest BCUT2D eigenvalue weighted by atomic mass is 16.3. The minimum atomic E-state index is -0.0217. The van der Waals surface area contributed by atoms with Gasteiger partial charge in [0.2, 0.25) is 0 Å². The van der Waals surface area contributed by atoms with Crippen LogP contribution < -0.4 is 0 Å². The Labute approximate surface area is 202 Å². The van der Waals surface area contributed by atoms with E-state index in [9.17, 15) is 19.8 Å². The van der Waals surface area contributed by atoms with E-state index in [-0.39, 0.29) is 47.7 Å². The van der Waals surface area contributed by atoms with Crippen LogP contribution in [0.3, 0.4) is 0 Å². The van der Waals surface area contributed by atoms with Crippen LogP contribution >= 0.6 is 0 Å². The zero-order valence-electron chi connectivity index (χ0n) is 21.8. The number of hydrogen-bond acceptors (Lipinski definition) is 4. The molecule has 0 spiro atoms. The first-order valence-electron chi connectivity index (χ1n) is 13.6. The summed E-state index contributed by atoms with van der Waals surface area (Å²) in [6.45, 7) is 8.89. The highest BCUT2D eigenvalue weighted by molar-refractivity contribution is 5.88. The Morgan fingerprint density at radius 1 is 0.758 bits per heavy atom. The molecule has 0 aliphatic heterocycles. The summed E-state index contributed by atoms with van der Waals surface area (Å²) in [5.41, 5.74) is -0.00118. The quantitative estimate of drug-likeness (QED) is 0.222. The zero-order valence-corrected chi connectivity index (χ0v) is 21.8. The van der Waals surface area contributed by atoms with Crippen molar-refractivity contribution in [3.8, 4) is 0 Å². The number of rotatable bonds is 15. The molecule has 0 amide bonds. The summed E-state index contributed by atoms with van der Waals surface area (Å²) in [5, 5.41) is 18.9. The molecule has 2 saturated carbocycles. The predicted molar refractivity (Wildman–Crippen MR) is 135 cm³/mol. The molecular weight excluding hydrogens is 412 g/mol. The van der Waals surface area contributed by atoms with Gasteiger partial charge in [-0.3, -0.25) is 9.59 Å². The van der Waals surface area contributed by atoms with Crippen molar-refractivity contribution >= 4 is 11.6 Å². The van der Waals surface area contributed by atoms with E-state index in [1.165, 1.54) is 0 Å². The van der Waals surface area contributed by atoms with Crippen molar-refractivity contribution in [2.24, 2.45) is 34.5 Å². The Hall–Kier alpha value is -1.00. The Kier molecular flexibility index (Phi) is 11.3. The van der Waals surface area contributed by atoms with Gasteiger partial charge in [-0.1, -0.05) is 65.5 Å². The second-order valence-corrected chi connectivity index (χ2v) is 12.1. The molecule has 0 bridgehead atoms. The van der Waals surface area contributed by atoms with Crippen LogP contribution in [0.15, 0.2) is 12.2 Å². The van der Waals surface area contributed by atoms with Crippen molar-refractivity contribution in [1.29, 1.82) is 0 Å². The summed E-state index contributed by atoms with van der Waals surface area (Å²) in [6.07, 6.45) is 17.1. The van der Waals surface area contributed by atoms with Gasteiger partial charge in [0.25, 0.3) is 0 Å². The average molecular weight is 463 g/mol. The van der Waals surface area contributed by atoms with Crippen molar-refractivity contribution < 1.29 is 19.8 Å². The van der Waals surface area contributed by atoms with E-state index in [0.717, 1.165) is 83.5 Å². The second kappa shape index (κ2) is 13.2. The SMILES string of the molecule is CCC(C)(CO)CCCCC1CCC(/C=C\C2CCC(CCCCC(C)(C)CO)C2=O)C1=O. The molecule has 0 saturated heterocycles. The van der Waals surface area contributed by atoms with Crippen molar-refractivity contribution in [2.75, 3.05) is 13.2 Å². The van der Waals surface area contributed by atoms with Gasteiger partial charge in [0.1, 0.15) is 11.6 Å². The number of Topliss-reactive ketones (excluding diaryl/α,β-unsaturated/α-hetero) is 2. The number of carbonyl (C=O) groups excluding carboxylic acids is 2. The van der Waals surface area contributed by atoms with Crippen LogP contribution in [-0.2, 0) is 9.59 Å². The number of ketones is 2. The summed E-state index contributed by atoms with van der Waals surface area (Å²) in [7, 11) is 0. The summed E-state index contributed by atoms with van der Waals surface area (Å²) in [5.74, 6) is 1.10. The fourth-order valence-electron chi connectivity index (χ4n) is 5.54. The zero-order chi connectivity index (χ0) is 24.5. The fourth-order valence-corrected chi connectivity index (χ4v) is 5.54. The lowest BCUT2D eigenvalue weighted by atomic mass is 9.82. The predicted octanol–water partition coefficient (Wildman–Crippen LogP) is 6.28. The minimum Gasteiger partial charge on any atom is -0.396 e. The molecule has 2 fully saturated rings. The molecule has 0 heterocycles.